The van der Waals surface area contributed by atoms with Crippen LogP contribution in [-0.2, 0) is 23.0 Å². The average Bonchev–Trinajstić information content (AvgIpc) is 2.94. The predicted octanol–water partition coefficient (Wildman–Crippen LogP) is 1.18. The fourth-order valence-electron chi connectivity index (χ4n) is 2.26. The third kappa shape index (κ3) is 2.20. The monoisotopic (exact) mass is 310 g/mol. The fourth-order valence-corrected chi connectivity index (χ4v) is 4.63. The molecule has 0 saturated heterocycles. The van der Waals surface area contributed by atoms with Crippen LogP contribution < -0.4 is 11.3 Å². The molecular weight excluding hydrogens is 296 g/mol. The van der Waals surface area contributed by atoms with E-state index < -0.39 is 10.0 Å². The van der Waals surface area contributed by atoms with Crippen LogP contribution in [0.3, 0.4) is 0 Å². The smallest absolute Gasteiger partial charge is 0.263 e. The highest BCUT2D eigenvalue weighted by Crippen LogP contribution is 2.29. The highest BCUT2D eigenvalue weighted by molar-refractivity contribution is 7.89. The summed E-state index contributed by atoms with van der Waals surface area (Å²) in [6, 6.07) is 5.21. The number of anilines is 1. The number of nitrogens with one attached hydrogen (secondary N) is 1. The van der Waals surface area contributed by atoms with E-state index in [0.717, 1.165) is 12.0 Å². The Kier molecular flexibility index (Phi) is 3.47. The van der Waals surface area contributed by atoms with Crippen LogP contribution in [0.15, 0.2) is 34.8 Å². The number of nitrogens with zero attached hydrogens (tertiary/aromatic N) is 2. The molecule has 3 heterocycles. The molecule has 20 heavy (non-hydrogen) atoms. The summed E-state index contributed by atoms with van der Waals surface area (Å²) >= 11 is 1.67. The standard InChI is InChI=1S/C12H14N4O2S2/c13-15-10-2-1-5-14-12(10)20(17,18)16-6-3-11-9(8-16)4-7-19-11/h1-2,4-5,7,15H,3,6,8,13H2. The van der Waals surface area contributed by atoms with Crippen molar-refractivity contribution >= 4 is 27.0 Å². The molecule has 0 amide bonds. The molecule has 0 atom stereocenters. The van der Waals surface area contributed by atoms with E-state index in [-0.39, 0.29) is 5.03 Å². The van der Waals surface area contributed by atoms with Crippen molar-refractivity contribution in [2.45, 2.75) is 18.0 Å². The quantitative estimate of drug-likeness (QED) is 0.656. The Morgan fingerprint density at radius 2 is 2.25 bits per heavy atom. The topological polar surface area (TPSA) is 88.3 Å². The van der Waals surface area contributed by atoms with E-state index in [1.54, 1.807) is 23.5 Å². The van der Waals surface area contributed by atoms with Crippen LogP contribution in [0, 0.1) is 0 Å². The third-order valence-electron chi connectivity index (χ3n) is 3.28. The van der Waals surface area contributed by atoms with E-state index in [2.05, 4.69) is 10.4 Å². The van der Waals surface area contributed by atoms with Gasteiger partial charge in [0.15, 0.2) is 5.03 Å². The SMILES string of the molecule is NNc1cccnc1S(=O)(=O)N1CCc2sccc2C1. The molecule has 0 aliphatic carbocycles. The predicted molar refractivity (Wildman–Crippen MR) is 77.7 cm³/mol. The molecular formula is C12H14N4O2S2. The van der Waals surface area contributed by atoms with Gasteiger partial charge in [-0.3, -0.25) is 5.84 Å². The Bertz CT molecular complexity index is 727. The summed E-state index contributed by atoms with van der Waals surface area (Å²) in [4.78, 5) is 5.23. The van der Waals surface area contributed by atoms with Crippen LogP contribution in [0.5, 0.6) is 0 Å². The summed E-state index contributed by atoms with van der Waals surface area (Å²) in [7, 11) is -3.64. The van der Waals surface area contributed by atoms with E-state index in [1.807, 2.05) is 11.4 Å². The number of hydrazine groups is 1. The Morgan fingerprint density at radius 3 is 3.05 bits per heavy atom. The second kappa shape index (κ2) is 5.13. The van der Waals surface area contributed by atoms with Gasteiger partial charge in [-0.2, -0.15) is 4.31 Å². The molecule has 2 aromatic rings. The van der Waals surface area contributed by atoms with Gasteiger partial charge in [0.2, 0.25) is 0 Å². The van der Waals surface area contributed by atoms with E-state index in [4.69, 9.17) is 5.84 Å². The first-order valence-electron chi connectivity index (χ1n) is 6.10. The van der Waals surface area contributed by atoms with Crippen LogP contribution in [0.1, 0.15) is 10.4 Å². The van der Waals surface area contributed by atoms with Gasteiger partial charge < -0.3 is 5.43 Å². The number of hydrogen-bond donors (Lipinski definition) is 2. The maximum atomic E-state index is 12.7. The first-order chi connectivity index (χ1) is 9.63. The minimum absolute atomic E-state index is 0.0267. The van der Waals surface area contributed by atoms with Crippen molar-refractivity contribution in [2.75, 3.05) is 12.0 Å². The van der Waals surface area contributed by atoms with Crippen molar-refractivity contribution in [3.63, 3.8) is 0 Å². The molecule has 106 valence electrons. The summed E-state index contributed by atoms with van der Waals surface area (Å²) in [6.07, 6.45) is 2.19. The highest BCUT2D eigenvalue weighted by atomic mass is 32.2. The summed E-state index contributed by atoms with van der Waals surface area (Å²) < 4.78 is 26.8. The van der Waals surface area contributed by atoms with Crippen LogP contribution >= 0.6 is 11.3 Å². The number of pyridine rings is 1. The van der Waals surface area contributed by atoms with Gasteiger partial charge in [-0.15, -0.1) is 11.3 Å². The van der Waals surface area contributed by atoms with E-state index in [1.165, 1.54) is 15.4 Å². The van der Waals surface area contributed by atoms with Crippen LogP contribution in [-0.4, -0.2) is 24.3 Å². The molecule has 8 heteroatoms. The molecule has 0 bridgehead atoms. The number of sulfonamides is 1. The lowest BCUT2D eigenvalue weighted by Gasteiger charge is -2.26. The fraction of sp³-hybridized carbons (Fsp3) is 0.250. The van der Waals surface area contributed by atoms with Gasteiger partial charge in [0, 0.05) is 24.2 Å². The summed E-state index contributed by atoms with van der Waals surface area (Å²) in [5.74, 6) is 5.37. The van der Waals surface area contributed by atoms with Crippen LogP contribution in [0.2, 0.25) is 0 Å². The number of aromatic nitrogens is 1. The molecule has 0 radical (unpaired) electrons. The normalized spacial score (nSPS) is 15.8. The average molecular weight is 310 g/mol. The highest BCUT2D eigenvalue weighted by Gasteiger charge is 2.31. The summed E-state index contributed by atoms with van der Waals surface area (Å²) in [5, 5.41) is 1.97. The summed E-state index contributed by atoms with van der Waals surface area (Å²) in [6.45, 7) is 0.859. The molecule has 0 unspecified atom stereocenters. The first kappa shape index (κ1) is 13.5. The number of nitrogen functional groups attached to an aromatic ring is 1. The van der Waals surface area contributed by atoms with Gasteiger partial charge in [0.25, 0.3) is 10.0 Å². The molecule has 6 nitrogen and oxygen atoms in total. The zero-order chi connectivity index (χ0) is 14.2. The lowest BCUT2D eigenvalue weighted by Crippen LogP contribution is -2.36. The second-order valence-corrected chi connectivity index (χ2v) is 7.31. The molecule has 3 N–H and O–H groups in total. The van der Waals surface area contributed by atoms with Gasteiger partial charge in [-0.05, 0) is 35.6 Å². The van der Waals surface area contributed by atoms with Crippen molar-refractivity contribution < 1.29 is 8.42 Å². The molecule has 2 aromatic heterocycles. The Balaban J connectivity index is 1.97. The number of nitrogens with two attached hydrogens (primary N) is 1. The van der Waals surface area contributed by atoms with Crippen molar-refractivity contribution in [2.24, 2.45) is 5.84 Å². The van der Waals surface area contributed by atoms with Crippen molar-refractivity contribution in [3.8, 4) is 0 Å². The van der Waals surface area contributed by atoms with Crippen LogP contribution in [0.4, 0.5) is 5.69 Å². The minimum atomic E-state index is -3.64. The lowest BCUT2D eigenvalue weighted by atomic mass is 10.1. The van der Waals surface area contributed by atoms with E-state index >= 15 is 0 Å². The van der Waals surface area contributed by atoms with Gasteiger partial charge in [0.1, 0.15) is 0 Å². The number of thiophene rings is 1. The van der Waals surface area contributed by atoms with Crippen molar-refractivity contribution in [1.29, 1.82) is 0 Å². The van der Waals surface area contributed by atoms with E-state index in [0.29, 0.717) is 18.8 Å². The van der Waals surface area contributed by atoms with Gasteiger partial charge in [-0.1, -0.05) is 0 Å². The van der Waals surface area contributed by atoms with Crippen LogP contribution in [0.25, 0.3) is 0 Å². The Hall–Kier alpha value is -1.48. The third-order valence-corrected chi connectivity index (χ3v) is 6.11. The number of rotatable bonds is 3. The van der Waals surface area contributed by atoms with Gasteiger partial charge in [-0.25, -0.2) is 13.4 Å². The molecule has 1 aliphatic heterocycles. The number of hydrogen-bond acceptors (Lipinski definition) is 6. The van der Waals surface area contributed by atoms with Crippen molar-refractivity contribution in [1.82, 2.24) is 9.29 Å². The number of fused-ring (bicyclic) bond motifs is 1. The maximum Gasteiger partial charge on any atom is 0.263 e. The lowest BCUT2D eigenvalue weighted by molar-refractivity contribution is 0.392. The second-order valence-electron chi connectivity index (χ2n) is 4.46. The Labute approximate surface area is 121 Å². The molecule has 0 saturated carbocycles. The van der Waals surface area contributed by atoms with E-state index in [9.17, 15) is 8.42 Å². The zero-order valence-electron chi connectivity index (χ0n) is 10.6. The molecule has 0 aromatic carbocycles. The zero-order valence-corrected chi connectivity index (χ0v) is 12.2. The van der Waals surface area contributed by atoms with Gasteiger partial charge in [0.05, 0.1) is 5.69 Å². The maximum absolute atomic E-state index is 12.7. The minimum Gasteiger partial charge on any atom is -0.321 e. The van der Waals surface area contributed by atoms with Crippen molar-refractivity contribution in [3.05, 3.63) is 40.2 Å². The summed E-state index contributed by atoms with van der Waals surface area (Å²) in [5.41, 5.74) is 3.77. The Morgan fingerprint density at radius 1 is 1.40 bits per heavy atom. The largest absolute Gasteiger partial charge is 0.321 e. The molecule has 1 aliphatic rings. The molecule has 3 rings (SSSR count). The molecule has 0 fully saturated rings. The molecule has 0 spiro atoms. The first-order valence-corrected chi connectivity index (χ1v) is 8.42. The van der Waals surface area contributed by atoms with Gasteiger partial charge >= 0.3 is 0 Å².